The van der Waals surface area contributed by atoms with E-state index in [-0.39, 0.29) is 17.7 Å². The van der Waals surface area contributed by atoms with E-state index in [0.29, 0.717) is 30.6 Å². The number of rotatable bonds is 10. The van der Waals surface area contributed by atoms with Gasteiger partial charge in [-0.15, -0.1) is 10.2 Å². The van der Waals surface area contributed by atoms with Crippen molar-refractivity contribution in [3.8, 4) is 11.5 Å². The maximum atomic E-state index is 12.0. The second-order valence-corrected chi connectivity index (χ2v) is 11.4. The van der Waals surface area contributed by atoms with Crippen LogP contribution in [0.25, 0.3) is 11.5 Å². The molecule has 0 aliphatic heterocycles. The number of anilines is 1. The molecule has 1 unspecified atom stereocenters. The van der Waals surface area contributed by atoms with E-state index >= 15 is 0 Å². The number of nitrogens with one attached hydrogen (secondary N) is 2. The molecule has 38 heavy (non-hydrogen) atoms. The van der Waals surface area contributed by atoms with Crippen LogP contribution in [0.5, 0.6) is 0 Å². The Hall–Kier alpha value is -4.02. The SMILES string of the molecule is CC(=O)NCc1ccccc1Cc1cc(NS(C)(=O)=O)cc(-c2nnc(C(C)(N)Cc3ccccc3)o2)c1. The van der Waals surface area contributed by atoms with Crippen LogP contribution < -0.4 is 15.8 Å². The first-order chi connectivity index (χ1) is 18.0. The summed E-state index contributed by atoms with van der Waals surface area (Å²) in [6.45, 7) is 3.69. The summed E-state index contributed by atoms with van der Waals surface area (Å²) >= 11 is 0. The summed E-state index contributed by atoms with van der Waals surface area (Å²) in [5.41, 5.74) is 10.4. The Morgan fingerprint density at radius 2 is 1.66 bits per heavy atom. The fraction of sp³-hybridized carbons (Fsp3) is 0.250. The molecule has 9 nitrogen and oxygen atoms in total. The van der Waals surface area contributed by atoms with Gasteiger partial charge in [-0.1, -0.05) is 54.6 Å². The lowest BCUT2D eigenvalue weighted by Crippen LogP contribution is -2.35. The second-order valence-electron chi connectivity index (χ2n) is 9.64. The van der Waals surface area contributed by atoms with Gasteiger partial charge < -0.3 is 15.5 Å². The molecule has 1 heterocycles. The Kier molecular flexibility index (Phi) is 7.94. The molecule has 0 saturated carbocycles. The molecule has 0 fully saturated rings. The van der Waals surface area contributed by atoms with E-state index in [9.17, 15) is 13.2 Å². The topological polar surface area (TPSA) is 140 Å². The van der Waals surface area contributed by atoms with Crippen molar-refractivity contribution in [1.29, 1.82) is 0 Å². The number of nitrogens with two attached hydrogens (primary N) is 1. The first kappa shape index (κ1) is 27.0. The number of carbonyl (C=O) groups excluding carboxylic acids is 1. The average Bonchev–Trinajstić information content (AvgIpc) is 3.34. The zero-order valence-corrected chi connectivity index (χ0v) is 22.4. The Bertz CT molecular complexity index is 1530. The minimum atomic E-state index is -3.53. The molecule has 4 N–H and O–H groups in total. The molecule has 0 bridgehead atoms. The van der Waals surface area contributed by atoms with E-state index in [1.165, 1.54) is 6.92 Å². The molecule has 3 aromatic carbocycles. The fourth-order valence-corrected chi connectivity index (χ4v) is 4.74. The second kappa shape index (κ2) is 11.2. The summed E-state index contributed by atoms with van der Waals surface area (Å²) in [6.07, 6.45) is 2.09. The van der Waals surface area contributed by atoms with Crippen LogP contribution in [0.2, 0.25) is 0 Å². The minimum absolute atomic E-state index is 0.118. The normalized spacial score (nSPS) is 13.1. The molecule has 0 aliphatic rings. The number of carbonyl (C=O) groups is 1. The number of nitrogens with zero attached hydrogens (tertiary/aromatic N) is 2. The van der Waals surface area contributed by atoms with Gasteiger partial charge in [-0.05, 0) is 60.2 Å². The molecule has 0 radical (unpaired) electrons. The van der Waals surface area contributed by atoms with Crippen LogP contribution in [0.15, 0.2) is 77.2 Å². The monoisotopic (exact) mass is 533 g/mol. The van der Waals surface area contributed by atoms with Crippen molar-refractivity contribution in [2.45, 2.75) is 38.8 Å². The van der Waals surface area contributed by atoms with Crippen LogP contribution in [-0.4, -0.2) is 30.8 Å². The van der Waals surface area contributed by atoms with Crippen LogP contribution in [0.4, 0.5) is 5.69 Å². The summed E-state index contributed by atoms with van der Waals surface area (Å²) in [4.78, 5) is 11.4. The zero-order chi connectivity index (χ0) is 27.3. The number of sulfonamides is 1. The summed E-state index contributed by atoms with van der Waals surface area (Å²) in [5, 5.41) is 11.3. The first-order valence-electron chi connectivity index (χ1n) is 12.1. The van der Waals surface area contributed by atoms with E-state index in [0.717, 1.165) is 28.5 Å². The Balaban J connectivity index is 1.67. The molecule has 0 spiro atoms. The van der Waals surface area contributed by atoms with E-state index in [4.69, 9.17) is 10.2 Å². The van der Waals surface area contributed by atoms with Crippen molar-refractivity contribution in [2.75, 3.05) is 11.0 Å². The van der Waals surface area contributed by atoms with E-state index in [1.54, 1.807) is 12.1 Å². The number of amides is 1. The lowest BCUT2D eigenvalue weighted by atomic mass is 9.94. The van der Waals surface area contributed by atoms with Gasteiger partial charge in [0.1, 0.15) is 0 Å². The standard InChI is InChI=1S/C28H31N5O4S/c1-19(34)30-18-23-12-8-7-11-22(23)13-21-14-24(16-25(15-21)33-38(3,35)36)26-31-32-27(37-26)28(2,29)17-20-9-5-4-6-10-20/h4-12,14-16,33H,13,17-18,29H2,1-3H3,(H,30,34). The maximum absolute atomic E-state index is 12.0. The predicted molar refractivity (Wildman–Crippen MR) is 147 cm³/mol. The number of aromatic nitrogens is 2. The van der Waals surface area contributed by atoms with Gasteiger partial charge in [-0.3, -0.25) is 9.52 Å². The summed E-state index contributed by atoms with van der Waals surface area (Å²) < 4.78 is 32.6. The number of hydrogen-bond acceptors (Lipinski definition) is 7. The van der Waals surface area contributed by atoms with Crippen LogP contribution in [0, 0.1) is 0 Å². The molecular formula is C28H31N5O4S. The van der Waals surface area contributed by atoms with Gasteiger partial charge in [0.25, 0.3) is 0 Å². The summed E-state index contributed by atoms with van der Waals surface area (Å²) in [5.74, 6) is 0.391. The van der Waals surface area contributed by atoms with Crippen molar-refractivity contribution in [2.24, 2.45) is 5.73 Å². The predicted octanol–water partition coefficient (Wildman–Crippen LogP) is 3.75. The van der Waals surface area contributed by atoms with Crippen molar-refractivity contribution in [3.05, 3.63) is 101 Å². The van der Waals surface area contributed by atoms with Gasteiger partial charge in [0.15, 0.2) is 0 Å². The third-order valence-corrected chi connectivity index (χ3v) is 6.52. The Morgan fingerprint density at radius 3 is 2.34 bits per heavy atom. The van der Waals surface area contributed by atoms with Gasteiger partial charge in [0.2, 0.25) is 27.7 Å². The highest BCUT2D eigenvalue weighted by Gasteiger charge is 2.29. The number of benzene rings is 3. The molecule has 198 valence electrons. The average molecular weight is 534 g/mol. The Labute approximate surface area is 222 Å². The summed E-state index contributed by atoms with van der Waals surface area (Å²) in [6, 6.07) is 22.8. The largest absolute Gasteiger partial charge is 0.419 e. The number of hydrogen-bond donors (Lipinski definition) is 3. The molecule has 0 aliphatic carbocycles. The smallest absolute Gasteiger partial charge is 0.247 e. The lowest BCUT2D eigenvalue weighted by molar-refractivity contribution is -0.119. The van der Waals surface area contributed by atoms with Gasteiger partial charge >= 0.3 is 0 Å². The Morgan fingerprint density at radius 1 is 0.974 bits per heavy atom. The highest BCUT2D eigenvalue weighted by atomic mass is 32.2. The van der Waals surface area contributed by atoms with Gasteiger partial charge in [0.05, 0.1) is 11.8 Å². The third kappa shape index (κ3) is 7.27. The highest BCUT2D eigenvalue weighted by molar-refractivity contribution is 7.92. The molecular weight excluding hydrogens is 502 g/mol. The van der Waals surface area contributed by atoms with Crippen LogP contribution in [0.1, 0.15) is 42.0 Å². The maximum Gasteiger partial charge on any atom is 0.247 e. The van der Waals surface area contributed by atoms with Crippen molar-refractivity contribution in [1.82, 2.24) is 15.5 Å². The van der Waals surface area contributed by atoms with Gasteiger partial charge in [0, 0.05) is 24.7 Å². The van der Waals surface area contributed by atoms with E-state index in [1.807, 2.05) is 67.6 Å². The van der Waals surface area contributed by atoms with Crippen LogP contribution >= 0.6 is 0 Å². The van der Waals surface area contributed by atoms with Gasteiger partial charge in [-0.25, -0.2) is 8.42 Å². The third-order valence-electron chi connectivity index (χ3n) is 5.91. The lowest BCUT2D eigenvalue weighted by Gasteiger charge is -2.20. The van der Waals surface area contributed by atoms with Crippen molar-refractivity contribution < 1.29 is 17.6 Å². The molecule has 1 aromatic heterocycles. The molecule has 10 heteroatoms. The molecule has 1 atom stereocenters. The van der Waals surface area contributed by atoms with Gasteiger partial charge in [-0.2, -0.15) is 0 Å². The van der Waals surface area contributed by atoms with E-state index < -0.39 is 15.6 Å². The fourth-order valence-electron chi connectivity index (χ4n) is 4.20. The molecule has 4 rings (SSSR count). The van der Waals surface area contributed by atoms with Crippen molar-refractivity contribution >= 4 is 21.6 Å². The van der Waals surface area contributed by atoms with Crippen LogP contribution in [0.3, 0.4) is 0 Å². The minimum Gasteiger partial charge on any atom is -0.419 e. The van der Waals surface area contributed by atoms with Crippen molar-refractivity contribution in [3.63, 3.8) is 0 Å². The zero-order valence-electron chi connectivity index (χ0n) is 21.6. The molecule has 1 amide bonds. The highest BCUT2D eigenvalue weighted by Crippen LogP contribution is 2.29. The first-order valence-corrected chi connectivity index (χ1v) is 14.0. The quantitative estimate of drug-likeness (QED) is 0.282. The summed E-state index contributed by atoms with van der Waals surface area (Å²) in [7, 11) is -3.53. The molecule has 4 aromatic rings. The molecule has 0 saturated heterocycles. The van der Waals surface area contributed by atoms with E-state index in [2.05, 4.69) is 20.2 Å². The van der Waals surface area contributed by atoms with Crippen LogP contribution in [-0.2, 0) is 39.7 Å².